The van der Waals surface area contributed by atoms with Crippen molar-refractivity contribution in [2.75, 3.05) is 34.8 Å². The maximum absolute atomic E-state index is 13.1. The zero-order valence-corrected chi connectivity index (χ0v) is 56.2. The zero-order valence-electron chi connectivity index (χ0n) is 55.4. The summed E-state index contributed by atoms with van der Waals surface area (Å²) >= 11 is 5.98. The summed E-state index contributed by atoms with van der Waals surface area (Å²) in [6.45, 7) is 20.5. The average Bonchev–Trinajstić information content (AvgIpc) is 1.77. The van der Waals surface area contributed by atoms with Crippen LogP contribution in [0.5, 0.6) is 0 Å². The first-order valence-corrected chi connectivity index (χ1v) is 31.6. The molecule has 16 nitrogen and oxygen atoms in total. The van der Waals surface area contributed by atoms with E-state index < -0.39 is 5.91 Å². The number of benzene rings is 8. The van der Waals surface area contributed by atoms with Crippen LogP contribution in [0.15, 0.2) is 188 Å². The van der Waals surface area contributed by atoms with Crippen molar-refractivity contribution in [2.24, 2.45) is 16.5 Å². The second-order valence-corrected chi connectivity index (χ2v) is 24.4. The first kappa shape index (κ1) is 71.4. The molecular formula is C79H84ClFN14O2. The molecule has 0 atom stereocenters. The smallest absolute Gasteiger partial charge is 0.251 e. The van der Waals surface area contributed by atoms with Crippen molar-refractivity contribution in [3.63, 3.8) is 0 Å². The Hall–Kier alpha value is -11.4. The lowest BCUT2D eigenvalue weighted by molar-refractivity contribution is 0.0963. The van der Waals surface area contributed by atoms with Crippen LogP contribution in [0.2, 0.25) is 5.02 Å². The summed E-state index contributed by atoms with van der Waals surface area (Å²) in [5.74, 6) is 2.18. The lowest BCUT2D eigenvalue weighted by Gasteiger charge is -2.06. The molecule has 3 aliphatic rings. The van der Waals surface area contributed by atoms with E-state index in [1.165, 1.54) is 68.0 Å². The first-order chi connectivity index (χ1) is 45.9. The number of nitrogens with two attached hydrogens (primary N) is 6. The molecule has 3 aliphatic heterocycles. The van der Waals surface area contributed by atoms with E-state index in [-0.39, 0.29) is 19.2 Å². The van der Waals surface area contributed by atoms with E-state index in [0.29, 0.717) is 46.8 Å². The van der Waals surface area contributed by atoms with Gasteiger partial charge in [-0.1, -0.05) is 84.8 Å². The van der Waals surface area contributed by atoms with Crippen LogP contribution in [0, 0.1) is 68.1 Å². The number of fused-ring (bicyclic) bond motifs is 8. The molecule has 13 aromatic rings. The van der Waals surface area contributed by atoms with E-state index >= 15 is 0 Å². The Kier molecular flexibility index (Phi) is 23.7. The number of aromatic nitrogens is 5. The van der Waals surface area contributed by atoms with E-state index in [9.17, 15) is 14.0 Å². The fourth-order valence-corrected chi connectivity index (χ4v) is 11.1. The van der Waals surface area contributed by atoms with Crippen LogP contribution in [-0.2, 0) is 19.5 Å². The van der Waals surface area contributed by atoms with Crippen LogP contribution >= 0.6 is 11.6 Å². The number of hydrogen-bond acceptors (Lipinski definition) is 13. The number of nitrogen functional groups attached to an aromatic ring is 4. The number of pyridine rings is 4. The SMILES string of the molecule is C.Cc1cc2c(N)nccc2cc1C(N)=O.Cc1cc2c(N)nccc2cc1Cl.Cc1cc2c(N)nccc2cc1F.Cc1cc2ccnc(N)c2cc1C.Cc1ccc2c(c1)C(=O)NC2.Cc1ccc2c(c1)C(N)=NC2.Cc1ccc2c(c1)NCC2.Cc1ccc2cc[nH]c2c1. The second-order valence-electron chi connectivity index (χ2n) is 24.0. The van der Waals surface area contributed by atoms with Crippen LogP contribution < -0.4 is 45.0 Å². The van der Waals surface area contributed by atoms with Gasteiger partial charge in [0.2, 0.25) is 5.91 Å². The van der Waals surface area contributed by atoms with Gasteiger partial charge in [-0.25, -0.2) is 24.3 Å². The van der Waals surface area contributed by atoms with Crippen molar-refractivity contribution >= 4 is 112 Å². The van der Waals surface area contributed by atoms with Crippen LogP contribution in [0.1, 0.15) is 100 Å². The van der Waals surface area contributed by atoms with Crippen molar-refractivity contribution < 1.29 is 14.0 Å². The highest BCUT2D eigenvalue weighted by Gasteiger charge is 2.18. The quantitative estimate of drug-likeness (QED) is 0.0741. The molecule has 0 bridgehead atoms. The molecule has 0 saturated carbocycles. The molecule has 0 aliphatic carbocycles. The monoisotopic (exact) mass is 1310 g/mol. The summed E-state index contributed by atoms with van der Waals surface area (Å²) in [6.07, 6.45) is 9.76. The third-order valence-corrected chi connectivity index (χ3v) is 17.0. The van der Waals surface area contributed by atoms with Crippen LogP contribution in [-0.4, -0.2) is 49.1 Å². The summed E-state index contributed by atoms with van der Waals surface area (Å²) < 4.78 is 13.1. The zero-order chi connectivity index (χ0) is 68.9. The Balaban J connectivity index is 0.000000142. The van der Waals surface area contributed by atoms with Gasteiger partial charge >= 0.3 is 0 Å². The number of amides is 2. The normalized spacial score (nSPS) is 11.7. The number of anilines is 5. The predicted molar refractivity (Wildman–Crippen MR) is 403 cm³/mol. The minimum Gasteiger partial charge on any atom is -0.384 e. The fourth-order valence-electron chi connectivity index (χ4n) is 10.9. The van der Waals surface area contributed by atoms with E-state index in [1.54, 1.807) is 56.0 Å². The summed E-state index contributed by atoms with van der Waals surface area (Å²) in [6, 6.07) is 49.6. The number of carbonyl (C=O) groups excluding carboxylic acids is 2. The van der Waals surface area contributed by atoms with Gasteiger partial charge in [0.1, 0.15) is 34.9 Å². The Morgan fingerprint density at radius 3 is 1.55 bits per heavy atom. The van der Waals surface area contributed by atoms with Crippen LogP contribution in [0.25, 0.3) is 54.0 Å². The van der Waals surface area contributed by atoms with Gasteiger partial charge in [0.05, 0.1) is 6.54 Å². The van der Waals surface area contributed by atoms with Crippen LogP contribution in [0.3, 0.4) is 0 Å². The van der Waals surface area contributed by atoms with E-state index in [0.717, 1.165) is 94.6 Å². The topological polar surface area (TPSA) is 294 Å². The van der Waals surface area contributed by atoms with Gasteiger partial charge in [-0.15, -0.1) is 0 Å². The molecule has 18 heteroatoms. The van der Waals surface area contributed by atoms with Crippen molar-refractivity contribution in [3.8, 4) is 0 Å². The summed E-state index contributed by atoms with van der Waals surface area (Å²) in [5, 5.41) is 15.7. The maximum atomic E-state index is 13.1. The number of hydrogen-bond donors (Lipinski definition) is 9. The minimum atomic E-state index is -0.426. The number of amidine groups is 1. The molecule has 0 unspecified atom stereocenters. The summed E-state index contributed by atoms with van der Waals surface area (Å²) in [5.41, 5.74) is 52.6. The number of rotatable bonds is 1. The maximum Gasteiger partial charge on any atom is 0.251 e. The number of nitrogens with zero attached hydrogens (tertiary/aromatic N) is 5. The van der Waals surface area contributed by atoms with Gasteiger partial charge in [-0.3, -0.25) is 14.6 Å². The summed E-state index contributed by atoms with van der Waals surface area (Å²) in [4.78, 5) is 45.5. The van der Waals surface area contributed by atoms with Gasteiger partial charge in [-0.2, -0.15) is 0 Å². The fraction of sp³-hybridized carbons (Fsp3) is 0.177. The molecule has 8 heterocycles. The molecule has 16 rings (SSSR count). The van der Waals surface area contributed by atoms with E-state index in [2.05, 4.69) is 148 Å². The number of aliphatic imine (C=N–C) groups is 1. The number of H-pyrrole nitrogens is 1. The Morgan fingerprint density at radius 1 is 0.474 bits per heavy atom. The number of aryl methyl sites for hydroxylation is 9. The van der Waals surface area contributed by atoms with Crippen molar-refractivity contribution in [1.82, 2.24) is 30.2 Å². The number of primary amides is 1. The largest absolute Gasteiger partial charge is 0.384 e. The lowest BCUT2D eigenvalue weighted by Crippen LogP contribution is -2.12. The molecular weight excluding hydrogens is 1230 g/mol. The Bertz CT molecular complexity index is 4850. The van der Waals surface area contributed by atoms with Gasteiger partial charge in [0.25, 0.3) is 5.91 Å². The second kappa shape index (κ2) is 32.1. The standard InChI is InChI=1S/C11H11N3O.C11H12N2.C10H9ClN2.C10H9FN2.C9H10N2.C9H9NO.C9H11N.C9H9N.CH4/c1-6-4-9-7(2-3-14-10(9)12)5-8(6)11(13)15;1-7-5-9-3-4-13-11(12)10(9)6-8(7)2;2*1-6-4-8-7(5-9(6)11)2-3-13-10(8)12;1-6-2-3-7-5-11-9(10)8(7)4-6;1-6-2-3-7-5-10-9(11)8(7)4-6;2*1-7-2-3-8-4-5-10-9(8)6-7;/h2-5H,1H3,(H2,12,14)(H2,13,15);3-6H,1-2H3,(H2,12,13);2*2-5H,1H3,(H2,12,13);2-4H,5H2,1H3,(H2,10,11);2-4H,5H2,1H3,(H,10,11);2-3,6,10H,4-5H2,1H3;2-6,10H,1H3;1H4. The summed E-state index contributed by atoms with van der Waals surface area (Å²) in [7, 11) is 0. The van der Waals surface area contributed by atoms with Gasteiger partial charge in [-0.05, 0) is 248 Å². The highest BCUT2D eigenvalue weighted by atomic mass is 35.5. The van der Waals surface area contributed by atoms with Gasteiger partial charge < -0.3 is 50.0 Å². The molecule has 8 aromatic carbocycles. The van der Waals surface area contributed by atoms with Crippen LogP contribution in [0.4, 0.5) is 33.3 Å². The van der Waals surface area contributed by atoms with Crippen molar-refractivity contribution in [1.29, 1.82) is 0 Å². The molecule has 496 valence electrons. The Morgan fingerprint density at radius 2 is 0.948 bits per heavy atom. The molecule has 0 radical (unpaired) electrons. The highest BCUT2D eigenvalue weighted by Crippen LogP contribution is 2.29. The van der Waals surface area contributed by atoms with Gasteiger partial charge in [0, 0.05) is 98.5 Å². The molecule has 5 aromatic heterocycles. The van der Waals surface area contributed by atoms with E-state index in [1.807, 2.05) is 75.5 Å². The molecule has 2 amide bonds. The molecule has 97 heavy (non-hydrogen) atoms. The molecule has 15 N–H and O–H groups in total. The van der Waals surface area contributed by atoms with E-state index in [4.69, 9.17) is 46.0 Å². The number of aromatic amines is 1. The predicted octanol–water partition coefficient (Wildman–Crippen LogP) is 16.2. The minimum absolute atomic E-state index is 0. The first-order valence-electron chi connectivity index (χ1n) is 31.2. The van der Waals surface area contributed by atoms with Crippen molar-refractivity contribution in [3.05, 3.63) is 277 Å². The number of carbonyl (C=O) groups is 2. The average molecular weight is 1320 g/mol. The highest BCUT2D eigenvalue weighted by molar-refractivity contribution is 6.32. The van der Waals surface area contributed by atoms with Gasteiger partial charge in [0.15, 0.2) is 0 Å². The molecule has 0 saturated heterocycles. The number of nitrogens with one attached hydrogen (secondary N) is 3. The molecule has 0 fully saturated rings. The molecule has 0 spiro atoms. The van der Waals surface area contributed by atoms with Crippen molar-refractivity contribution in [2.45, 2.75) is 89.3 Å². The third-order valence-electron chi connectivity index (χ3n) is 16.6. The Labute approximate surface area is 570 Å². The lowest BCUT2D eigenvalue weighted by atomic mass is 10.0. The third kappa shape index (κ3) is 18.1. The number of halogens is 2.